The summed E-state index contributed by atoms with van der Waals surface area (Å²) < 4.78 is 23.1. The molecule has 0 aliphatic rings. The molecule has 0 spiro atoms. The smallest absolute Gasteiger partial charge is 0.469 e. The van der Waals surface area contributed by atoms with Crippen molar-refractivity contribution in [2.45, 2.75) is 25.0 Å². The fourth-order valence-corrected chi connectivity index (χ4v) is 5.13. The highest BCUT2D eigenvalue weighted by Gasteiger charge is 2.28. The molecular formula is C25H26NO7PS. The lowest BCUT2D eigenvalue weighted by Crippen LogP contribution is -2.48. The summed E-state index contributed by atoms with van der Waals surface area (Å²) in [6.07, 6.45) is 0.595. The summed E-state index contributed by atoms with van der Waals surface area (Å²) in [7, 11) is -4.70. The van der Waals surface area contributed by atoms with Gasteiger partial charge in [-0.2, -0.15) is 0 Å². The Hall–Kier alpha value is -2.62. The molecule has 0 saturated heterocycles. The number of phosphoric ester groups is 1. The number of phosphoric acid groups is 1. The van der Waals surface area contributed by atoms with E-state index in [1.807, 2.05) is 54.6 Å². The molecule has 1 atom stereocenters. The number of hydrogen-bond acceptors (Lipinski definition) is 7. The number of benzene rings is 3. The third-order valence-corrected chi connectivity index (χ3v) is 7.32. The van der Waals surface area contributed by atoms with E-state index in [1.165, 1.54) is 11.3 Å². The van der Waals surface area contributed by atoms with Crippen molar-refractivity contribution in [3.63, 3.8) is 0 Å². The Morgan fingerprint density at radius 3 is 2.31 bits per heavy atom. The predicted octanol–water partition coefficient (Wildman–Crippen LogP) is 3.73. The molecule has 1 heterocycles. The average molecular weight is 516 g/mol. The Morgan fingerprint density at radius 1 is 0.943 bits per heavy atom. The molecule has 0 amide bonds. The van der Waals surface area contributed by atoms with Crippen molar-refractivity contribution >= 4 is 39.3 Å². The molecule has 0 radical (unpaired) electrons. The van der Waals surface area contributed by atoms with Crippen LogP contribution < -0.4 is 15.9 Å². The second-order valence-electron chi connectivity index (χ2n) is 8.48. The minimum absolute atomic E-state index is 0.105. The van der Waals surface area contributed by atoms with Gasteiger partial charge in [0.25, 0.3) is 0 Å². The number of ether oxygens (including phenoxy) is 1. The quantitative estimate of drug-likeness (QED) is 0.185. The second-order valence-corrected chi connectivity index (χ2v) is 10.8. The van der Waals surface area contributed by atoms with Gasteiger partial charge < -0.3 is 25.4 Å². The molecule has 0 bridgehead atoms. The van der Waals surface area contributed by atoms with Crippen molar-refractivity contribution in [3.8, 4) is 5.75 Å². The summed E-state index contributed by atoms with van der Waals surface area (Å²) in [6, 6.07) is 20.8. The summed E-state index contributed by atoms with van der Waals surface area (Å²) >= 11 is 1.51. The van der Waals surface area contributed by atoms with Crippen molar-refractivity contribution in [2.24, 2.45) is 5.73 Å². The van der Waals surface area contributed by atoms with Gasteiger partial charge in [0.05, 0.1) is 18.8 Å². The summed E-state index contributed by atoms with van der Waals surface area (Å²) in [6.45, 7) is -0.600. The van der Waals surface area contributed by atoms with Gasteiger partial charge >= 0.3 is 7.82 Å². The van der Waals surface area contributed by atoms with E-state index in [2.05, 4.69) is 4.52 Å². The van der Waals surface area contributed by atoms with Crippen molar-refractivity contribution in [1.29, 1.82) is 0 Å². The van der Waals surface area contributed by atoms with Crippen molar-refractivity contribution in [2.75, 3.05) is 13.2 Å². The van der Waals surface area contributed by atoms with Crippen LogP contribution in [0.15, 0.2) is 71.5 Å². The first kappa shape index (κ1) is 25.5. The van der Waals surface area contributed by atoms with Crippen LogP contribution in [0.4, 0.5) is 0 Å². The van der Waals surface area contributed by atoms with E-state index in [0.717, 1.165) is 20.5 Å². The molecule has 0 saturated carbocycles. The van der Waals surface area contributed by atoms with Crippen LogP contribution in [0.5, 0.6) is 5.75 Å². The SMILES string of the molecule is NC(CO)(CCc1ccc2sc3ccc(OCc4ccccc4)cc3c(=O)c2c1)COP(=O)(O)O. The molecule has 10 heteroatoms. The summed E-state index contributed by atoms with van der Waals surface area (Å²) in [4.78, 5) is 31.2. The number of aliphatic hydroxyl groups is 1. The van der Waals surface area contributed by atoms with Gasteiger partial charge in [-0.25, -0.2) is 4.57 Å². The highest BCUT2D eigenvalue weighted by atomic mass is 32.1. The first-order valence-electron chi connectivity index (χ1n) is 10.9. The Morgan fingerprint density at radius 2 is 1.63 bits per heavy atom. The van der Waals surface area contributed by atoms with Gasteiger partial charge in [0, 0.05) is 20.2 Å². The largest absolute Gasteiger partial charge is 0.489 e. The van der Waals surface area contributed by atoms with E-state index in [4.69, 9.17) is 20.3 Å². The lowest BCUT2D eigenvalue weighted by molar-refractivity contribution is 0.102. The number of aliphatic hydroxyl groups excluding tert-OH is 1. The number of hydrogen-bond donors (Lipinski definition) is 4. The number of aryl methyl sites for hydroxylation is 1. The van der Waals surface area contributed by atoms with Crippen LogP contribution in [-0.2, 0) is 22.1 Å². The van der Waals surface area contributed by atoms with Crippen molar-refractivity contribution in [3.05, 3.63) is 88.1 Å². The second kappa shape index (κ2) is 10.6. The lowest BCUT2D eigenvalue weighted by Gasteiger charge is -2.27. The van der Waals surface area contributed by atoms with Crippen LogP contribution in [0.2, 0.25) is 0 Å². The molecule has 0 aliphatic carbocycles. The minimum atomic E-state index is -4.70. The zero-order chi connectivity index (χ0) is 25.1. The lowest BCUT2D eigenvalue weighted by atomic mass is 9.93. The Balaban J connectivity index is 1.56. The molecule has 5 N–H and O–H groups in total. The highest BCUT2D eigenvalue weighted by molar-refractivity contribution is 7.46. The monoisotopic (exact) mass is 515 g/mol. The van der Waals surface area contributed by atoms with E-state index in [-0.39, 0.29) is 11.8 Å². The summed E-state index contributed by atoms with van der Waals surface area (Å²) in [5.74, 6) is 0.613. The first-order chi connectivity index (χ1) is 16.7. The molecule has 184 valence electrons. The van der Waals surface area contributed by atoms with Crippen LogP contribution >= 0.6 is 19.2 Å². The van der Waals surface area contributed by atoms with Gasteiger partial charge in [-0.3, -0.25) is 9.32 Å². The molecular weight excluding hydrogens is 489 g/mol. The van der Waals surface area contributed by atoms with Crippen LogP contribution in [0.1, 0.15) is 17.5 Å². The highest BCUT2D eigenvalue weighted by Crippen LogP contribution is 2.37. The maximum atomic E-state index is 13.3. The minimum Gasteiger partial charge on any atom is -0.489 e. The third kappa shape index (κ3) is 6.54. The van der Waals surface area contributed by atoms with Crippen LogP contribution in [0.25, 0.3) is 20.2 Å². The van der Waals surface area contributed by atoms with E-state index >= 15 is 0 Å². The van der Waals surface area contributed by atoms with E-state index in [0.29, 0.717) is 29.5 Å². The van der Waals surface area contributed by atoms with Gasteiger partial charge in [0.15, 0.2) is 5.43 Å². The molecule has 4 aromatic rings. The maximum absolute atomic E-state index is 13.3. The molecule has 0 fully saturated rings. The van der Waals surface area contributed by atoms with Gasteiger partial charge in [-0.1, -0.05) is 36.4 Å². The number of rotatable bonds is 10. The Kier molecular flexibility index (Phi) is 7.68. The van der Waals surface area contributed by atoms with E-state index in [9.17, 15) is 14.5 Å². The fourth-order valence-electron chi connectivity index (χ4n) is 3.67. The van der Waals surface area contributed by atoms with Gasteiger partial charge in [0.2, 0.25) is 0 Å². The number of fused-ring (bicyclic) bond motifs is 2. The molecule has 4 rings (SSSR count). The molecule has 35 heavy (non-hydrogen) atoms. The molecule has 1 unspecified atom stereocenters. The zero-order valence-electron chi connectivity index (χ0n) is 18.8. The van der Waals surface area contributed by atoms with Crippen LogP contribution in [0, 0.1) is 0 Å². The predicted molar refractivity (Wildman–Crippen MR) is 137 cm³/mol. The summed E-state index contributed by atoms with van der Waals surface area (Å²) in [5.41, 5.74) is 6.48. The van der Waals surface area contributed by atoms with E-state index in [1.54, 1.807) is 12.1 Å². The van der Waals surface area contributed by atoms with E-state index < -0.39 is 26.6 Å². The van der Waals surface area contributed by atoms with Crippen LogP contribution in [0.3, 0.4) is 0 Å². The molecule has 3 aromatic carbocycles. The third-order valence-electron chi connectivity index (χ3n) is 5.70. The van der Waals surface area contributed by atoms with Crippen molar-refractivity contribution < 1.29 is 28.7 Å². The standard InChI is InChI=1S/C25H26NO7PS/c26-25(15-27,16-33-34(29,30)31)11-10-17-6-8-22-20(12-17)24(28)21-13-19(7-9-23(21)35-22)32-14-18-4-2-1-3-5-18/h1-9,12-13,27H,10-11,14-16,26H2,(H2,29,30,31). The zero-order valence-corrected chi connectivity index (χ0v) is 20.5. The Labute approximate surface area is 205 Å². The number of nitrogens with two attached hydrogens (primary N) is 1. The van der Waals surface area contributed by atoms with Gasteiger partial charge in [-0.05, 0) is 54.3 Å². The normalized spacial score (nSPS) is 13.7. The molecule has 1 aromatic heterocycles. The topological polar surface area (TPSA) is 139 Å². The fraction of sp³-hybridized carbons (Fsp3) is 0.240. The van der Waals surface area contributed by atoms with Gasteiger partial charge in [0.1, 0.15) is 12.4 Å². The summed E-state index contributed by atoms with van der Waals surface area (Å²) in [5, 5.41) is 10.8. The van der Waals surface area contributed by atoms with Crippen molar-refractivity contribution in [1.82, 2.24) is 0 Å². The van der Waals surface area contributed by atoms with Gasteiger partial charge in [-0.15, -0.1) is 11.3 Å². The first-order valence-corrected chi connectivity index (χ1v) is 13.3. The average Bonchev–Trinajstić information content (AvgIpc) is 2.86. The molecule has 8 nitrogen and oxygen atoms in total. The molecule has 0 aliphatic heterocycles. The Bertz CT molecular complexity index is 1440. The van der Waals surface area contributed by atoms with Crippen LogP contribution in [-0.4, -0.2) is 33.6 Å². The maximum Gasteiger partial charge on any atom is 0.469 e.